The highest BCUT2D eigenvalue weighted by molar-refractivity contribution is 6.23. The van der Waals surface area contributed by atoms with Crippen molar-refractivity contribution in [3.8, 4) is 0 Å². The average Bonchev–Trinajstić information content (AvgIpc) is 1.89. The molecule has 1 radical (unpaired) electrons. The summed E-state index contributed by atoms with van der Waals surface area (Å²) in [4.78, 5) is 0. The van der Waals surface area contributed by atoms with Gasteiger partial charge in [0, 0.05) is 5.88 Å². The van der Waals surface area contributed by atoms with Gasteiger partial charge in [-0.25, -0.2) is 0 Å². The van der Waals surface area contributed by atoms with Gasteiger partial charge < -0.3 is 0 Å². The zero-order chi connectivity index (χ0) is 6.95. The van der Waals surface area contributed by atoms with E-state index in [4.69, 9.17) is 11.6 Å². The lowest BCUT2D eigenvalue weighted by Crippen LogP contribution is -1.75. The van der Waals surface area contributed by atoms with E-state index in [2.05, 4.69) is 6.92 Å². The minimum absolute atomic E-state index is 1.07. The molecule has 0 aliphatic rings. The molecular weight excluding hydrogens is 132 g/mol. The Morgan fingerprint density at radius 2 is 1.78 bits per heavy atom. The highest BCUT2D eigenvalue weighted by Gasteiger charge is 1.86. The summed E-state index contributed by atoms with van der Waals surface area (Å²) in [5.41, 5.74) is 0. The maximum atomic E-state index is 5.39. The van der Waals surface area contributed by atoms with E-state index in [0.717, 1.165) is 6.42 Å². The highest BCUT2D eigenvalue weighted by atomic mass is 35.5. The fraction of sp³-hybridized carbons (Fsp3) is 0.875. The minimum Gasteiger partial charge on any atom is -0.121 e. The first-order chi connectivity index (χ1) is 4.41. The van der Waals surface area contributed by atoms with Crippen LogP contribution in [-0.2, 0) is 0 Å². The van der Waals surface area contributed by atoms with E-state index in [1.54, 1.807) is 5.88 Å². The SMILES string of the molecule is CCCCCCC[CH]Cl. The van der Waals surface area contributed by atoms with Crippen molar-refractivity contribution in [1.29, 1.82) is 0 Å². The van der Waals surface area contributed by atoms with E-state index in [0.29, 0.717) is 0 Å². The molecule has 0 aromatic carbocycles. The van der Waals surface area contributed by atoms with Crippen molar-refractivity contribution in [2.45, 2.75) is 45.4 Å². The van der Waals surface area contributed by atoms with Gasteiger partial charge in [0.05, 0.1) is 0 Å². The van der Waals surface area contributed by atoms with Crippen molar-refractivity contribution < 1.29 is 0 Å². The largest absolute Gasteiger partial charge is 0.121 e. The van der Waals surface area contributed by atoms with Crippen LogP contribution in [0.15, 0.2) is 0 Å². The monoisotopic (exact) mass is 147 g/mol. The van der Waals surface area contributed by atoms with E-state index in [1.165, 1.54) is 32.1 Å². The molecule has 9 heavy (non-hydrogen) atoms. The molecule has 0 saturated carbocycles. The molecule has 0 unspecified atom stereocenters. The van der Waals surface area contributed by atoms with E-state index >= 15 is 0 Å². The summed E-state index contributed by atoms with van der Waals surface area (Å²) < 4.78 is 0. The highest BCUT2D eigenvalue weighted by Crippen LogP contribution is 2.06. The molecule has 0 nitrogen and oxygen atoms in total. The Kier molecular flexibility index (Phi) is 8.56. The third kappa shape index (κ3) is 8.29. The topological polar surface area (TPSA) is 0 Å². The lowest BCUT2D eigenvalue weighted by molar-refractivity contribution is 0.634. The predicted molar refractivity (Wildman–Crippen MR) is 43.5 cm³/mol. The molecule has 0 aromatic rings. The van der Waals surface area contributed by atoms with Gasteiger partial charge in [-0.15, -0.1) is 11.6 Å². The average molecular weight is 148 g/mol. The first kappa shape index (κ1) is 9.29. The van der Waals surface area contributed by atoms with E-state index in [-0.39, 0.29) is 0 Å². The van der Waals surface area contributed by atoms with Crippen molar-refractivity contribution in [2.24, 2.45) is 0 Å². The molecule has 0 heterocycles. The van der Waals surface area contributed by atoms with Crippen molar-refractivity contribution >= 4 is 11.6 Å². The second-order valence-corrected chi connectivity index (χ2v) is 2.67. The van der Waals surface area contributed by atoms with Gasteiger partial charge >= 0.3 is 0 Å². The summed E-state index contributed by atoms with van der Waals surface area (Å²) in [6, 6.07) is 0. The molecule has 0 aliphatic heterocycles. The molecule has 55 valence electrons. The first-order valence-corrected chi connectivity index (χ1v) is 4.27. The lowest BCUT2D eigenvalue weighted by Gasteiger charge is -1.95. The van der Waals surface area contributed by atoms with Gasteiger partial charge in [0.1, 0.15) is 0 Å². The summed E-state index contributed by atoms with van der Waals surface area (Å²) >= 11 is 5.39. The van der Waals surface area contributed by atoms with E-state index in [9.17, 15) is 0 Å². The molecule has 0 aliphatic carbocycles. The van der Waals surface area contributed by atoms with Gasteiger partial charge in [0.2, 0.25) is 0 Å². The van der Waals surface area contributed by atoms with Crippen LogP contribution in [0.4, 0.5) is 0 Å². The maximum absolute atomic E-state index is 5.39. The Balaban J connectivity index is 2.60. The Hall–Kier alpha value is 0.290. The molecule has 0 fully saturated rings. The van der Waals surface area contributed by atoms with Crippen molar-refractivity contribution in [1.82, 2.24) is 0 Å². The summed E-state index contributed by atoms with van der Waals surface area (Å²) in [5.74, 6) is 1.73. The lowest BCUT2D eigenvalue weighted by atomic mass is 10.1. The summed E-state index contributed by atoms with van der Waals surface area (Å²) in [6.07, 6.45) is 7.76. The van der Waals surface area contributed by atoms with E-state index in [1.807, 2.05) is 0 Å². The summed E-state index contributed by atoms with van der Waals surface area (Å²) in [7, 11) is 0. The Morgan fingerprint density at radius 1 is 1.11 bits per heavy atom. The smallest absolute Gasteiger partial charge is 0.0499 e. The maximum Gasteiger partial charge on any atom is 0.0499 e. The number of hydrogen-bond acceptors (Lipinski definition) is 0. The normalized spacial score (nSPS) is 10.0. The number of rotatable bonds is 6. The molecule has 0 spiro atoms. The van der Waals surface area contributed by atoms with Gasteiger partial charge in [0.15, 0.2) is 0 Å². The van der Waals surface area contributed by atoms with Crippen LogP contribution < -0.4 is 0 Å². The van der Waals surface area contributed by atoms with Gasteiger partial charge in [-0.05, 0) is 6.42 Å². The Morgan fingerprint density at radius 3 is 2.33 bits per heavy atom. The zero-order valence-corrected chi connectivity index (χ0v) is 6.95. The third-order valence-corrected chi connectivity index (χ3v) is 1.64. The quantitative estimate of drug-likeness (QED) is 0.502. The molecule has 0 atom stereocenters. The molecule has 0 N–H and O–H groups in total. The number of halogens is 1. The molecule has 0 aromatic heterocycles. The van der Waals surface area contributed by atoms with Crippen LogP contribution in [0.5, 0.6) is 0 Å². The van der Waals surface area contributed by atoms with Crippen LogP contribution >= 0.6 is 11.6 Å². The van der Waals surface area contributed by atoms with Crippen molar-refractivity contribution in [2.75, 3.05) is 0 Å². The van der Waals surface area contributed by atoms with Crippen LogP contribution in [0.3, 0.4) is 0 Å². The molecular formula is C8H16Cl. The molecule has 1 heteroatoms. The minimum atomic E-state index is 1.07. The van der Waals surface area contributed by atoms with Crippen LogP contribution in [-0.4, -0.2) is 0 Å². The summed E-state index contributed by atoms with van der Waals surface area (Å²) in [6.45, 7) is 2.23. The fourth-order valence-electron chi connectivity index (χ4n) is 0.825. The fourth-order valence-corrected chi connectivity index (χ4v) is 0.979. The standard InChI is InChI=1S/C8H16Cl/c1-2-3-4-5-6-7-8-9/h8H,2-7H2,1H3. The van der Waals surface area contributed by atoms with Crippen molar-refractivity contribution in [3.63, 3.8) is 0 Å². The van der Waals surface area contributed by atoms with Gasteiger partial charge in [-0.1, -0.05) is 39.0 Å². The zero-order valence-electron chi connectivity index (χ0n) is 6.20. The van der Waals surface area contributed by atoms with Crippen LogP contribution in [0.1, 0.15) is 45.4 Å². The Bertz CT molecular complexity index is 37.8. The molecule has 0 bridgehead atoms. The number of unbranched alkanes of at least 4 members (excludes halogenated alkanes) is 5. The summed E-state index contributed by atoms with van der Waals surface area (Å²) in [5, 5.41) is 0. The second-order valence-electron chi connectivity index (χ2n) is 2.36. The van der Waals surface area contributed by atoms with Crippen LogP contribution in [0, 0.1) is 5.88 Å². The van der Waals surface area contributed by atoms with Gasteiger partial charge in [0.25, 0.3) is 0 Å². The van der Waals surface area contributed by atoms with Crippen LogP contribution in [0.25, 0.3) is 0 Å². The third-order valence-electron chi connectivity index (χ3n) is 1.42. The van der Waals surface area contributed by atoms with Crippen LogP contribution in [0.2, 0.25) is 0 Å². The first-order valence-electron chi connectivity index (χ1n) is 3.83. The molecule has 0 saturated heterocycles. The predicted octanol–water partition coefficient (Wildman–Crippen LogP) is 3.75. The van der Waals surface area contributed by atoms with Crippen molar-refractivity contribution in [3.05, 3.63) is 5.88 Å². The van der Waals surface area contributed by atoms with E-state index < -0.39 is 0 Å². The molecule has 0 rings (SSSR count). The van der Waals surface area contributed by atoms with Gasteiger partial charge in [-0.3, -0.25) is 0 Å². The number of hydrogen-bond donors (Lipinski definition) is 0. The Labute approximate surface area is 63.6 Å². The van der Waals surface area contributed by atoms with Gasteiger partial charge in [-0.2, -0.15) is 0 Å². The second kappa shape index (κ2) is 8.29. The molecule has 0 amide bonds.